The number of hydrogen-bond acceptors (Lipinski definition) is 9. The number of ketones is 2. The van der Waals surface area contributed by atoms with Crippen LogP contribution in [0.2, 0.25) is 0 Å². The van der Waals surface area contributed by atoms with Crippen molar-refractivity contribution in [3.8, 4) is 5.75 Å². The molecule has 1 heterocycles. The third-order valence-corrected chi connectivity index (χ3v) is 9.34. The molecule has 4 aliphatic rings. The molecule has 13 heteroatoms. The van der Waals surface area contributed by atoms with Crippen molar-refractivity contribution in [3.63, 3.8) is 0 Å². The SMILES string of the molecule is CCN(C)[C@@H]1C(O)=C(C(N)=O)C(=O)[C@@]2(O)C(O)=C3C(=O)c4c(O)cc([C@@H]5CCCN5C)c(C(F)(F)F)c4C[C@H]3C[C@@H]12. The summed E-state index contributed by atoms with van der Waals surface area (Å²) in [6.07, 6.45) is -4.51. The lowest BCUT2D eigenvalue weighted by Crippen LogP contribution is -2.64. The molecule has 0 bridgehead atoms. The standard InChI is InChI=1S/C28H32F3N3O7/c1-4-33(2)21-14-9-11-8-13-18(16(35)10-12(20(13)28(29,30)31)15-6-5-7-34(15)3)22(36)17(11)24(38)27(14,41)25(39)19(23(21)37)26(32)40/h10-11,14-15,21,35,37-38,41H,4-9H2,1-3H3,(H2,32,40)/t11-,14-,15-,21-,27-/m0/s1. The number of nitrogens with two attached hydrogens (primary N) is 1. The lowest BCUT2D eigenvalue weighted by Gasteiger charge is -2.50. The van der Waals surface area contributed by atoms with Gasteiger partial charge in [0.25, 0.3) is 5.91 Å². The van der Waals surface area contributed by atoms with E-state index in [9.17, 15) is 48.0 Å². The molecule has 0 unspecified atom stereocenters. The van der Waals surface area contributed by atoms with E-state index in [1.54, 1.807) is 18.9 Å². The summed E-state index contributed by atoms with van der Waals surface area (Å²) < 4.78 is 44.1. The number of carbonyl (C=O) groups is 3. The van der Waals surface area contributed by atoms with Gasteiger partial charge in [-0.1, -0.05) is 6.92 Å². The summed E-state index contributed by atoms with van der Waals surface area (Å²) in [5.41, 5.74) is -1.20. The molecule has 1 saturated heterocycles. The Bertz CT molecular complexity index is 1440. The summed E-state index contributed by atoms with van der Waals surface area (Å²) in [5, 5.41) is 44.9. The second-order valence-electron chi connectivity index (χ2n) is 11.4. The van der Waals surface area contributed by atoms with Gasteiger partial charge < -0.3 is 26.2 Å². The molecule has 1 aliphatic heterocycles. The van der Waals surface area contributed by atoms with Gasteiger partial charge in [-0.15, -0.1) is 0 Å². The van der Waals surface area contributed by atoms with E-state index < -0.39 is 105 Å². The first kappa shape index (κ1) is 29.1. The van der Waals surface area contributed by atoms with E-state index in [2.05, 4.69) is 0 Å². The van der Waals surface area contributed by atoms with Crippen LogP contribution in [-0.2, 0) is 22.2 Å². The van der Waals surface area contributed by atoms with Crippen molar-refractivity contribution in [1.29, 1.82) is 0 Å². The third kappa shape index (κ3) is 4.00. The second kappa shape index (κ2) is 9.57. The van der Waals surface area contributed by atoms with Gasteiger partial charge in [0.2, 0.25) is 5.78 Å². The lowest BCUT2D eigenvalue weighted by atomic mass is 9.58. The maximum absolute atomic E-state index is 14.7. The first-order valence-electron chi connectivity index (χ1n) is 13.4. The number of nitrogens with zero attached hydrogens (tertiary/aromatic N) is 2. The van der Waals surface area contributed by atoms with Crippen LogP contribution < -0.4 is 5.73 Å². The van der Waals surface area contributed by atoms with Gasteiger partial charge in [-0.2, -0.15) is 13.2 Å². The fraction of sp³-hybridized carbons (Fsp3) is 0.536. The van der Waals surface area contributed by atoms with Crippen molar-refractivity contribution in [2.75, 3.05) is 27.2 Å². The monoisotopic (exact) mass is 579 g/mol. The molecule has 10 nitrogen and oxygen atoms in total. The van der Waals surface area contributed by atoms with Crippen LogP contribution in [0, 0.1) is 11.8 Å². The summed E-state index contributed by atoms with van der Waals surface area (Å²) in [6.45, 7) is 2.50. The third-order valence-electron chi connectivity index (χ3n) is 9.34. The molecule has 1 aromatic carbocycles. The number of aliphatic hydroxyl groups excluding tert-OH is 2. The van der Waals surface area contributed by atoms with Gasteiger partial charge in [-0.3, -0.25) is 24.2 Å². The highest BCUT2D eigenvalue weighted by Gasteiger charge is 2.63. The van der Waals surface area contributed by atoms with Crippen LogP contribution in [0.1, 0.15) is 59.3 Å². The molecular weight excluding hydrogens is 547 g/mol. The minimum absolute atomic E-state index is 0.145. The first-order chi connectivity index (χ1) is 19.1. The number of fused-ring (bicyclic) bond motifs is 3. The van der Waals surface area contributed by atoms with Crippen molar-refractivity contribution in [1.82, 2.24) is 9.80 Å². The van der Waals surface area contributed by atoms with Crippen LogP contribution in [0.5, 0.6) is 5.75 Å². The van der Waals surface area contributed by atoms with Gasteiger partial charge in [-0.05, 0) is 76.0 Å². The van der Waals surface area contributed by atoms with E-state index in [-0.39, 0.29) is 18.5 Å². The Morgan fingerprint density at radius 3 is 2.44 bits per heavy atom. The Morgan fingerprint density at radius 1 is 1.24 bits per heavy atom. The van der Waals surface area contributed by atoms with Crippen LogP contribution in [0.3, 0.4) is 0 Å². The van der Waals surface area contributed by atoms with Gasteiger partial charge in [0.05, 0.1) is 17.2 Å². The zero-order chi connectivity index (χ0) is 30.3. The highest BCUT2D eigenvalue weighted by molar-refractivity contribution is 6.24. The number of aliphatic hydroxyl groups is 3. The molecule has 1 fully saturated rings. The fourth-order valence-electron chi connectivity index (χ4n) is 7.36. The zero-order valence-electron chi connectivity index (χ0n) is 22.7. The number of benzene rings is 1. The van der Waals surface area contributed by atoms with Gasteiger partial charge >= 0.3 is 6.18 Å². The van der Waals surface area contributed by atoms with Gasteiger partial charge in [0.15, 0.2) is 11.4 Å². The molecule has 6 N–H and O–H groups in total. The predicted octanol–water partition coefficient (Wildman–Crippen LogP) is 2.30. The maximum Gasteiger partial charge on any atom is 0.417 e. The number of primary amides is 1. The molecule has 0 radical (unpaired) electrons. The number of phenolic OH excluding ortho intramolecular Hbond substituents is 1. The molecule has 41 heavy (non-hydrogen) atoms. The lowest BCUT2D eigenvalue weighted by molar-refractivity contribution is -0.148. The van der Waals surface area contributed by atoms with E-state index >= 15 is 0 Å². The topological polar surface area (TPSA) is 165 Å². The van der Waals surface area contributed by atoms with Gasteiger partial charge in [-0.25, -0.2) is 0 Å². The van der Waals surface area contributed by atoms with Crippen molar-refractivity contribution >= 4 is 17.5 Å². The minimum Gasteiger partial charge on any atom is -0.510 e. The Balaban J connectivity index is 1.75. The average molecular weight is 580 g/mol. The second-order valence-corrected chi connectivity index (χ2v) is 11.4. The quantitative estimate of drug-likeness (QED) is 0.337. The number of Topliss-reactive ketones (excluding diaryl/α,β-unsaturated/α-hetero) is 2. The molecule has 3 aliphatic carbocycles. The molecule has 0 saturated carbocycles. The van der Waals surface area contributed by atoms with Crippen LogP contribution in [0.4, 0.5) is 13.2 Å². The Hall–Kier alpha value is -3.42. The molecular formula is C28H32F3N3O7. The molecule has 0 spiro atoms. The largest absolute Gasteiger partial charge is 0.510 e. The van der Waals surface area contributed by atoms with Crippen LogP contribution in [0.15, 0.2) is 28.7 Å². The van der Waals surface area contributed by atoms with E-state index in [1.807, 2.05) is 0 Å². The van der Waals surface area contributed by atoms with Crippen molar-refractivity contribution in [2.45, 2.75) is 56.5 Å². The molecule has 222 valence electrons. The Kier molecular flexibility index (Phi) is 6.79. The number of amides is 1. The van der Waals surface area contributed by atoms with E-state index in [4.69, 9.17) is 5.73 Å². The Labute approximate surface area is 233 Å². The van der Waals surface area contributed by atoms with Crippen molar-refractivity contribution < 1.29 is 48.0 Å². The average Bonchev–Trinajstić information content (AvgIpc) is 3.30. The number of halogens is 3. The number of alkyl halides is 3. The van der Waals surface area contributed by atoms with Crippen LogP contribution in [0.25, 0.3) is 0 Å². The highest BCUT2D eigenvalue weighted by atomic mass is 19.4. The molecule has 1 aromatic rings. The number of rotatable bonds is 4. The molecule has 5 rings (SSSR count). The normalized spacial score (nSPS) is 30.5. The predicted molar refractivity (Wildman–Crippen MR) is 138 cm³/mol. The molecule has 5 atom stereocenters. The minimum atomic E-state index is -4.88. The summed E-state index contributed by atoms with van der Waals surface area (Å²) in [6, 6.07) is -0.916. The zero-order valence-corrected chi connectivity index (χ0v) is 22.7. The summed E-state index contributed by atoms with van der Waals surface area (Å²) in [4.78, 5) is 42.6. The van der Waals surface area contributed by atoms with E-state index in [0.717, 1.165) is 6.07 Å². The smallest absolute Gasteiger partial charge is 0.417 e. The maximum atomic E-state index is 14.7. The van der Waals surface area contributed by atoms with Crippen molar-refractivity contribution in [3.05, 3.63) is 51.0 Å². The van der Waals surface area contributed by atoms with Crippen LogP contribution in [-0.4, -0.2) is 86.5 Å². The summed E-state index contributed by atoms with van der Waals surface area (Å²) in [7, 11) is 3.21. The number of hydrogen-bond donors (Lipinski definition) is 5. The van der Waals surface area contributed by atoms with Crippen molar-refractivity contribution in [2.24, 2.45) is 17.6 Å². The Morgan fingerprint density at radius 2 is 1.90 bits per heavy atom. The highest BCUT2D eigenvalue weighted by Crippen LogP contribution is 2.54. The number of phenols is 1. The molecule has 0 aromatic heterocycles. The summed E-state index contributed by atoms with van der Waals surface area (Å²) >= 11 is 0. The number of carbonyl (C=O) groups excluding carboxylic acids is 3. The van der Waals surface area contributed by atoms with Gasteiger partial charge in [0.1, 0.15) is 22.8 Å². The summed E-state index contributed by atoms with van der Waals surface area (Å²) in [5.74, 6) is -8.88. The number of aromatic hydroxyl groups is 1. The van der Waals surface area contributed by atoms with E-state index in [1.165, 1.54) is 11.9 Å². The fourth-order valence-corrected chi connectivity index (χ4v) is 7.36. The van der Waals surface area contributed by atoms with Crippen LogP contribution >= 0.6 is 0 Å². The number of likely N-dealkylation sites (N-methyl/N-ethyl adjacent to an activating group) is 1. The first-order valence-corrected chi connectivity index (χ1v) is 13.4. The van der Waals surface area contributed by atoms with E-state index in [0.29, 0.717) is 19.4 Å². The number of allylic oxidation sites excluding steroid dienone is 1. The molecule has 1 amide bonds. The number of likely N-dealkylation sites (tertiary alicyclic amines) is 1. The van der Waals surface area contributed by atoms with Gasteiger partial charge in [0, 0.05) is 17.5 Å².